The van der Waals surface area contributed by atoms with Crippen LogP contribution in [0.25, 0.3) is 11.0 Å². The summed E-state index contributed by atoms with van der Waals surface area (Å²) < 4.78 is 2.15. The van der Waals surface area contributed by atoms with Crippen LogP contribution in [-0.4, -0.2) is 43.4 Å². The fourth-order valence-electron chi connectivity index (χ4n) is 4.06. The summed E-state index contributed by atoms with van der Waals surface area (Å²) in [6.45, 7) is 4.26. The van der Waals surface area contributed by atoms with Crippen molar-refractivity contribution in [2.45, 2.75) is 32.2 Å². The largest absolute Gasteiger partial charge is 0.341 e. The second-order valence-electron chi connectivity index (χ2n) is 7.41. The summed E-state index contributed by atoms with van der Waals surface area (Å²) in [6, 6.07) is 7.91. The van der Waals surface area contributed by atoms with Crippen molar-refractivity contribution in [3.05, 3.63) is 53.9 Å². The Morgan fingerprint density at radius 1 is 1.12 bits per heavy atom. The number of hydrogen-bond acceptors (Lipinski definition) is 4. The third-order valence-electron chi connectivity index (χ3n) is 5.54. The number of rotatable bonds is 2. The first-order chi connectivity index (χ1) is 12.7. The van der Waals surface area contributed by atoms with Crippen molar-refractivity contribution in [1.82, 2.24) is 24.4 Å². The van der Waals surface area contributed by atoms with Crippen LogP contribution in [0.1, 0.15) is 29.6 Å². The predicted molar refractivity (Wildman–Crippen MR) is 97.6 cm³/mol. The van der Waals surface area contributed by atoms with Crippen LogP contribution >= 0.6 is 0 Å². The minimum Gasteiger partial charge on any atom is -0.341 e. The number of carbonyl (C=O) groups is 1. The molecule has 1 fully saturated rings. The summed E-state index contributed by atoms with van der Waals surface area (Å²) in [5.41, 5.74) is 3.86. The SMILES string of the molecule is Cc1cn2c(n1)CCC(C(=O)N1CC(c3cnc4ccccc4n3)C1)C2. The van der Waals surface area contributed by atoms with Crippen molar-refractivity contribution in [2.24, 2.45) is 5.92 Å². The third-order valence-corrected chi connectivity index (χ3v) is 5.54. The molecular weight excluding hydrogens is 326 g/mol. The summed E-state index contributed by atoms with van der Waals surface area (Å²) in [6.07, 6.45) is 5.69. The maximum absolute atomic E-state index is 12.8. The van der Waals surface area contributed by atoms with E-state index in [2.05, 4.69) is 20.7 Å². The molecule has 0 aliphatic carbocycles. The Morgan fingerprint density at radius 2 is 1.92 bits per heavy atom. The van der Waals surface area contributed by atoms with Gasteiger partial charge in [0, 0.05) is 44.4 Å². The van der Waals surface area contributed by atoms with Gasteiger partial charge in [0.25, 0.3) is 0 Å². The predicted octanol–water partition coefficient (Wildman–Crippen LogP) is 2.32. The molecule has 0 saturated carbocycles. The molecule has 0 bridgehead atoms. The molecule has 1 amide bonds. The van der Waals surface area contributed by atoms with Gasteiger partial charge in [-0.2, -0.15) is 0 Å². The fourth-order valence-corrected chi connectivity index (χ4v) is 4.06. The van der Waals surface area contributed by atoms with Gasteiger partial charge in [0.1, 0.15) is 5.82 Å². The molecule has 3 aromatic rings. The number of para-hydroxylation sites is 2. The summed E-state index contributed by atoms with van der Waals surface area (Å²) in [7, 11) is 0. The first-order valence-corrected chi connectivity index (χ1v) is 9.20. The molecule has 0 spiro atoms. The van der Waals surface area contributed by atoms with Gasteiger partial charge < -0.3 is 9.47 Å². The smallest absolute Gasteiger partial charge is 0.227 e. The number of amides is 1. The van der Waals surface area contributed by atoms with Gasteiger partial charge in [-0.3, -0.25) is 9.78 Å². The Kier molecular flexibility index (Phi) is 3.51. The summed E-state index contributed by atoms with van der Waals surface area (Å²) in [5, 5.41) is 0. The van der Waals surface area contributed by atoms with Crippen molar-refractivity contribution in [3.63, 3.8) is 0 Å². The number of aryl methyl sites for hydroxylation is 2. The Bertz CT molecular complexity index is 989. The van der Waals surface area contributed by atoms with Crippen LogP contribution in [0.5, 0.6) is 0 Å². The van der Waals surface area contributed by atoms with Crippen LogP contribution in [0, 0.1) is 12.8 Å². The van der Waals surface area contributed by atoms with Crippen molar-refractivity contribution < 1.29 is 4.79 Å². The minimum absolute atomic E-state index is 0.0692. The minimum atomic E-state index is 0.0692. The van der Waals surface area contributed by atoms with Crippen molar-refractivity contribution >= 4 is 16.9 Å². The normalized spacial score (nSPS) is 20.0. The zero-order valence-electron chi connectivity index (χ0n) is 14.8. The number of nitrogens with zero attached hydrogens (tertiary/aromatic N) is 5. The Labute approximate surface area is 151 Å². The molecule has 1 saturated heterocycles. The fraction of sp³-hybridized carbons (Fsp3) is 0.400. The van der Waals surface area contributed by atoms with Crippen molar-refractivity contribution in [1.29, 1.82) is 0 Å². The first-order valence-electron chi connectivity index (χ1n) is 9.20. The van der Waals surface area contributed by atoms with Crippen LogP contribution in [0.4, 0.5) is 0 Å². The number of fused-ring (bicyclic) bond motifs is 2. The molecule has 6 heteroatoms. The van der Waals surface area contributed by atoms with Gasteiger partial charge in [0.05, 0.1) is 28.3 Å². The quantitative estimate of drug-likeness (QED) is 0.714. The molecule has 26 heavy (non-hydrogen) atoms. The van der Waals surface area contributed by atoms with Gasteiger partial charge in [-0.1, -0.05) is 12.1 Å². The second kappa shape index (κ2) is 5.90. The molecule has 6 nitrogen and oxygen atoms in total. The van der Waals surface area contributed by atoms with Gasteiger partial charge in [-0.05, 0) is 25.5 Å². The molecule has 2 aromatic heterocycles. The number of likely N-dealkylation sites (tertiary alicyclic amines) is 1. The highest BCUT2D eigenvalue weighted by atomic mass is 16.2. The maximum atomic E-state index is 12.8. The van der Waals surface area contributed by atoms with Gasteiger partial charge in [-0.15, -0.1) is 0 Å². The third kappa shape index (κ3) is 2.57. The highest BCUT2D eigenvalue weighted by Crippen LogP contribution is 2.30. The van der Waals surface area contributed by atoms with E-state index in [1.807, 2.05) is 42.3 Å². The molecule has 132 valence electrons. The van der Waals surface area contributed by atoms with E-state index in [0.717, 1.165) is 60.7 Å². The van der Waals surface area contributed by atoms with E-state index in [1.165, 1.54) is 0 Å². The topological polar surface area (TPSA) is 63.9 Å². The van der Waals surface area contributed by atoms with Crippen molar-refractivity contribution in [3.8, 4) is 0 Å². The molecular formula is C20H21N5O. The summed E-state index contributed by atoms with van der Waals surface area (Å²) in [4.78, 5) is 28.6. The van der Waals surface area contributed by atoms with E-state index in [-0.39, 0.29) is 11.8 Å². The lowest BCUT2D eigenvalue weighted by Gasteiger charge is -2.41. The number of benzene rings is 1. The van der Waals surface area contributed by atoms with E-state index in [9.17, 15) is 4.79 Å². The van der Waals surface area contributed by atoms with Gasteiger partial charge in [-0.25, -0.2) is 9.97 Å². The zero-order chi connectivity index (χ0) is 17.7. The average molecular weight is 347 g/mol. The molecule has 1 atom stereocenters. The molecule has 0 N–H and O–H groups in total. The highest BCUT2D eigenvalue weighted by Gasteiger charge is 2.37. The zero-order valence-corrected chi connectivity index (χ0v) is 14.8. The van der Waals surface area contributed by atoms with E-state index >= 15 is 0 Å². The van der Waals surface area contributed by atoms with Gasteiger partial charge in [0.2, 0.25) is 5.91 Å². The molecule has 4 heterocycles. The standard InChI is InChI=1S/C20H21N5O/c1-13-9-24-10-14(6-7-19(24)22-13)20(26)25-11-15(12-25)18-8-21-16-4-2-3-5-17(16)23-18/h2-5,8-9,14-15H,6-7,10-12H2,1H3. The monoisotopic (exact) mass is 347 g/mol. The van der Waals surface area contributed by atoms with Crippen LogP contribution < -0.4 is 0 Å². The van der Waals surface area contributed by atoms with E-state index in [4.69, 9.17) is 4.98 Å². The number of aromatic nitrogens is 4. The average Bonchev–Trinajstić information content (AvgIpc) is 2.99. The van der Waals surface area contributed by atoms with E-state index < -0.39 is 0 Å². The second-order valence-corrected chi connectivity index (χ2v) is 7.41. The number of carbonyl (C=O) groups excluding carboxylic acids is 1. The van der Waals surface area contributed by atoms with Crippen LogP contribution in [0.15, 0.2) is 36.7 Å². The lowest BCUT2D eigenvalue weighted by molar-refractivity contribution is -0.141. The Morgan fingerprint density at radius 3 is 2.77 bits per heavy atom. The Hall–Kier alpha value is -2.76. The molecule has 5 rings (SSSR count). The van der Waals surface area contributed by atoms with Crippen LogP contribution in [0.3, 0.4) is 0 Å². The van der Waals surface area contributed by atoms with E-state index in [1.54, 1.807) is 0 Å². The first kappa shape index (κ1) is 15.5. The molecule has 2 aliphatic rings. The number of imidazole rings is 1. The van der Waals surface area contributed by atoms with Crippen LogP contribution in [0.2, 0.25) is 0 Å². The Balaban J connectivity index is 1.25. The highest BCUT2D eigenvalue weighted by molar-refractivity contribution is 5.80. The lowest BCUT2D eigenvalue weighted by Crippen LogP contribution is -2.52. The van der Waals surface area contributed by atoms with Gasteiger partial charge in [0.15, 0.2) is 0 Å². The lowest BCUT2D eigenvalue weighted by atomic mass is 9.91. The van der Waals surface area contributed by atoms with Gasteiger partial charge >= 0.3 is 0 Å². The molecule has 1 aromatic carbocycles. The molecule has 1 unspecified atom stereocenters. The summed E-state index contributed by atoms with van der Waals surface area (Å²) in [5.74, 6) is 1.75. The van der Waals surface area contributed by atoms with E-state index in [0.29, 0.717) is 5.92 Å². The van der Waals surface area contributed by atoms with Crippen molar-refractivity contribution in [2.75, 3.05) is 13.1 Å². The summed E-state index contributed by atoms with van der Waals surface area (Å²) >= 11 is 0. The number of hydrogen-bond donors (Lipinski definition) is 0. The molecule has 0 radical (unpaired) electrons. The van der Waals surface area contributed by atoms with Crippen LogP contribution in [-0.2, 0) is 17.8 Å². The maximum Gasteiger partial charge on any atom is 0.227 e. The molecule has 2 aliphatic heterocycles.